The van der Waals surface area contributed by atoms with Crippen molar-refractivity contribution in [2.45, 2.75) is 39.2 Å². The highest BCUT2D eigenvalue weighted by Gasteiger charge is 2.28. The van der Waals surface area contributed by atoms with Crippen LogP contribution in [0.5, 0.6) is 5.75 Å². The molecular weight excluding hydrogens is 276 g/mol. The topological polar surface area (TPSA) is 59.5 Å². The number of sulfonamides is 1. The summed E-state index contributed by atoms with van der Waals surface area (Å²) in [5.74, 6) is 0.992. The highest BCUT2D eigenvalue weighted by Crippen LogP contribution is 2.20. The van der Waals surface area contributed by atoms with Crippen molar-refractivity contribution in [1.29, 1.82) is 0 Å². The second-order valence-electron chi connectivity index (χ2n) is 5.17. The van der Waals surface area contributed by atoms with Gasteiger partial charge in [0.25, 0.3) is 0 Å². The fraction of sp³-hybridized carbons (Fsp3) is 0.643. The van der Waals surface area contributed by atoms with Crippen molar-refractivity contribution in [3.8, 4) is 5.75 Å². The Kier molecular flexibility index (Phi) is 4.99. The third kappa shape index (κ3) is 3.93. The maximum absolute atomic E-state index is 12.0. The number of ether oxygens (including phenoxy) is 1. The first kappa shape index (κ1) is 15.3. The van der Waals surface area contributed by atoms with Crippen LogP contribution >= 0.6 is 0 Å². The van der Waals surface area contributed by atoms with Crippen molar-refractivity contribution in [1.82, 2.24) is 9.29 Å². The van der Waals surface area contributed by atoms with E-state index in [1.807, 2.05) is 26.0 Å². The van der Waals surface area contributed by atoms with Crippen LogP contribution in [0, 0.1) is 6.92 Å². The third-order valence-corrected chi connectivity index (χ3v) is 5.52. The molecule has 2 rings (SSSR count). The predicted molar refractivity (Wildman–Crippen MR) is 78.3 cm³/mol. The van der Waals surface area contributed by atoms with Crippen molar-refractivity contribution >= 4 is 10.0 Å². The molecule has 0 atom stereocenters. The van der Waals surface area contributed by atoms with Gasteiger partial charge >= 0.3 is 0 Å². The lowest BCUT2D eigenvalue weighted by Gasteiger charge is -2.31. The van der Waals surface area contributed by atoms with E-state index in [0.29, 0.717) is 19.5 Å². The van der Waals surface area contributed by atoms with Crippen LogP contribution in [0.2, 0.25) is 0 Å². The highest BCUT2D eigenvalue weighted by atomic mass is 32.2. The Morgan fingerprint density at radius 2 is 2.05 bits per heavy atom. The molecule has 2 heterocycles. The van der Waals surface area contributed by atoms with Crippen molar-refractivity contribution in [2.24, 2.45) is 0 Å². The van der Waals surface area contributed by atoms with E-state index >= 15 is 0 Å². The number of pyridine rings is 1. The Morgan fingerprint density at radius 3 is 2.60 bits per heavy atom. The van der Waals surface area contributed by atoms with Crippen LogP contribution in [0.15, 0.2) is 18.3 Å². The lowest BCUT2D eigenvalue weighted by molar-refractivity contribution is 0.134. The Hall–Kier alpha value is -1.14. The lowest BCUT2D eigenvalue weighted by atomic mass is 10.1. The van der Waals surface area contributed by atoms with Crippen molar-refractivity contribution in [3.05, 3.63) is 24.0 Å². The summed E-state index contributed by atoms with van der Waals surface area (Å²) in [4.78, 5) is 4.19. The van der Waals surface area contributed by atoms with Gasteiger partial charge in [-0.1, -0.05) is 6.92 Å². The van der Waals surface area contributed by atoms with Crippen molar-refractivity contribution in [3.63, 3.8) is 0 Å². The molecule has 0 N–H and O–H groups in total. The van der Waals surface area contributed by atoms with Crippen LogP contribution in [-0.2, 0) is 10.0 Å². The van der Waals surface area contributed by atoms with Gasteiger partial charge in [-0.25, -0.2) is 12.7 Å². The van der Waals surface area contributed by atoms with Gasteiger partial charge in [0.1, 0.15) is 11.9 Å². The molecule has 1 aliphatic rings. The molecule has 1 aliphatic heterocycles. The molecule has 1 aromatic rings. The quantitative estimate of drug-likeness (QED) is 0.834. The van der Waals surface area contributed by atoms with E-state index in [0.717, 1.165) is 24.3 Å². The van der Waals surface area contributed by atoms with Crippen LogP contribution in [0.4, 0.5) is 0 Å². The number of aromatic nitrogens is 1. The lowest BCUT2D eigenvalue weighted by Crippen LogP contribution is -2.42. The van der Waals surface area contributed by atoms with Gasteiger partial charge in [-0.05, 0) is 38.3 Å². The molecule has 0 aliphatic carbocycles. The molecule has 1 aromatic heterocycles. The van der Waals surface area contributed by atoms with Gasteiger partial charge in [-0.2, -0.15) is 0 Å². The average Bonchev–Trinajstić information content (AvgIpc) is 2.42. The first-order valence-electron chi connectivity index (χ1n) is 7.08. The van der Waals surface area contributed by atoms with Gasteiger partial charge in [0.2, 0.25) is 10.0 Å². The van der Waals surface area contributed by atoms with Crippen LogP contribution in [0.1, 0.15) is 31.9 Å². The third-order valence-electron chi connectivity index (χ3n) is 3.44. The summed E-state index contributed by atoms with van der Waals surface area (Å²) >= 11 is 0. The molecule has 6 heteroatoms. The van der Waals surface area contributed by atoms with Crippen LogP contribution in [-0.4, -0.2) is 42.7 Å². The van der Waals surface area contributed by atoms with E-state index in [9.17, 15) is 8.42 Å². The zero-order valence-corrected chi connectivity index (χ0v) is 12.9. The Morgan fingerprint density at radius 1 is 1.35 bits per heavy atom. The molecule has 0 aromatic carbocycles. The molecule has 20 heavy (non-hydrogen) atoms. The molecule has 112 valence electrons. The van der Waals surface area contributed by atoms with Gasteiger partial charge < -0.3 is 4.74 Å². The monoisotopic (exact) mass is 298 g/mol. The van der Waals surface area contributed by atoms with Gasteiger partial charge in [0.15, 0.2) is 0 Å². The second kappa shape index (κ2) is 6.54. The maximum atomic E-state index is 12.0. The van der Waals surface area contributed by atoms with Crippen molar-refractivity contribution in [2.75, 3.05) is 18.8 Å². The minimum absolute atomic E-state index is 0.0765. The first-order chi connectivity index (χ1) is 9.51. The number of rotatable bonds is 5. The molecule has 0 radical (unpaired) electrons. The molecule has 0 saturated carbocycles. The van der Waals surface area contributed by atoms with E-state index in [4.69, 9.17) is 4.74 Å². The minimum Gasteiger partial charge on any atom is -0.489 e. The minimum atomic E-state index is -3.07. The van der Waals surface area contributed by atoms with Crippen LogP contribution in [0.3, 0.4) is 0 Å². The van der Waals surface area contributed by atoms with E-state index in [2.05, 4.69) is 4.98 Å². The summed E-state index contributed by atoms with van der Waals surface area (Å²) in [6.45, 7) is 4.91. The zero-order chi connectivity index (χ0) is 14.6. The van der Waals surface area contributed by atoms with Gasteiger partial charge in [-0.15, -0.1) is 0 Å². The number of nitrogens with zero attached hydrogens (tertiary/aromatic N) is 2. The van der Waals surface area contributed by atoms with E-state index in [1.54, 1.807) is 10.5 Å². The largest absolute Gasteiger partial charge is 0.489 e. The van der Waals surface area contributed by atoms with Gasteiger partial charge in [0, 0.05) is 18.8 Å². The summed E-state index contributed by atoms with van der Waals surface area (Å²) in [7, 11) is -3.07. The number of hydrogen-bond acceptors (Lipinski definition) is 4. The summed E-state index contributed by atoms with van der Waals surface area (Å²) in [6, 6.07) is 3.82. The molecule has 0 bridgehead atoms. The summed E-state index contributed by atoms with van der Waals surface area (Å²) < 4.78 is 31.4. The van der Waals surface area contributed by atoms with E-state index in [-0.39, 0.29) is 11.9 Å². The van der Waals surface area contributed by atoms with Gasteiger partial charge in [0.05, 0.1) is 11.9 Å². The van der Waals surface area contributed by atoms with E-state index in [1.165, 1.54) is 0 Å². The standard InChI is InChI=1S/C14H22N2O3S/c1-3-10-20(17,18)16-8-6-13(7-9-16)19-14-5-4-12(2)15-11-14/h4-5,11,13H,3,6-10H2,1-2H3. The average molecular weight is 298 g/mol. The molecule has 0 amide bonds. The SMILES string of the molecule is CCCS(=O)(=O)N1CCC(Oc2ccc(C)nc2)CC1. The molecule has 1 saturated heterocycles. The number of aryl methyl sites for hydroxylation is 1. The molecule has 1 fully saturated rings. The summed E-state index contributed by atoms with van der Waals surface area (Å²) in [5, 5.41) is 0. The molecular formula is C14H22N2O3S. The number of piperidine rings is 1. The van der Waals surface area contributed by atoms with E-state index < -0.39 is 10.0 Å². The first-order valence-corrected chi connectivity index (χ1v) is 8.69. The van der Waals surface area contributed by atoms with Crippen molar-refractivity contribution < 1.29 is 13.2 Å². The fourth-order valence-corrected chi connectivity index (χ4v) is 3.87. The molecule has 0 spiro atoms. The van der Waals surface area contributed by atoms with Gasteiger partial charge in [-0.3, -0.25) is 4.98 Å². The Labute approximate surface area is 121 Å². The second-order valence-corrected chi connectivity index (χ2v) is 7.26. The molecule has 5 nitrogen and oxygen atoms in total. The highest BCUT2D eigenvalue weighted by molar-refractivity contribution is 7.89. The maximum Gasteiger partial charge on any atom is 0.214 e. The Balaban J connectivity index is 1.87. The summed E-state index contributed by atoms with van der Waals surface area (Å²) in [6.07, 6.45) is 3.92. The molecule has 0 unspecified atom stereocenters. The fourth-order valence-electron chi connectivity index (χ4n) is 2.33. The number of hydrogen-bond donors (Lipinski definition) is 0. The zero-order valence-electron chi connectivity index (χ0n) is 12.1. The van der Waals surface area contributed by atoms with Crippen LogP contribution in [0.25, 0.3) is 0 Å². The Bertz CT molecular complexity index is 520. The normalized spacial score (nSPS) is 18.1. The summed E-state index contributed by atoms with van der Waals surface area (Å²) in [5.41, 5.74) is 0.956. The predicted octanol–water partition coefficient (Wildman–Crippen LogP) is 1.97. The van der Waals surface area contributed by atoms with Crippen LogP contribution < -0.4 is 4.74 Å². The smallest absolute Gasteiger partial charge is 0.214 e.